The van der Waals surface area contributed by atoms with Gasteiger partial charge in [-0.3, -0.25) is 4.99 Å². The van der Waals surface area contributed by atoms with E-state index < -0.39 is 0 Å². The first-order chi connectivity index (χ1) is 13.3. The maximum Gasteiger partial charge on any atom is 0.193 e. The molecule has 0 fully saturated rings. The molecule has 1 aliphatic heterocycles. The minimum Gasteiger partial charge on any atom is -0.357 e. The third-order valence-electron chi connectivity index (χ3n) is 4.97. The van der Waals surface area contributed by atoms with Gasteiger partial charge in [-0.15, -0.1) is 34.2 Å². The Kier molecular flexibility index (Phi) is 9.73. The first-order valence-electron chi connectivity index (χ1n) is 10.2. The van der Waals surface area contributed by atoms with E-state index in [1.165, 1.54) is 30.7 Å². The van der Waals surface area contributed by atoms with Gasteiger partial charge in [0.15, 0.2) is 5.96 Å². The zero-order valence-corrected chi connectivity index (χ0v) is 19.4. The van der Waals surface area contributed by atoms with Gasteiger partial charge in [-0.25, -0.2) is 0 Å². The number of fused-ring (bicyclic) bond motifs is 1. The summed E-state index contributed by atoms with van der Waals surface area (Å²) in [5.74, 6) is 3.26. The molecule has 154 valence electrons. The van der Waals surface area contributed by atoms with Crippen LogP contribution in [-0.4, -0.2) is 45.8 Å². The SMILES string of the molecule is CCNC(=NCCCc1nnc2n1CCCCC2)N(C)Cc1ccccc1.I. The molecule has 3 rings (SSSR count). The smallest absolute Gasteiger partial charge is 0.193 e. The van der Waals surface area contributed by atoms with Crippen LogP contribution >= 0.6 is 24.0 Å². The number of benzene rings is 1. The summed E-state index contributed by atoms with van der Waals surface area (Å²) in [6, 6.07) is 10.5. The van der Waals surface area contributed by atoms with Gasteiger partial charge in [0.2, 0.25) is 0 Å². The van der Waals surface area contributed by atoms with Gasteiger partial charge in [-0.05, 0) is 31.7 Å². The molecule has 0 saturated carbocycles. The number of nitrogens with one attached hydrogen (secondary N) is 1. The zero-order chi connectivity index (χ0) is 18.9. The Morgan fingerprint density at radius 3 is 2.79 bits per heavy atom. The third-order valence-corrected chi connectivity index (χ3v) is 4.97. The highest BCUT2D eigenvalue weighted by Crippen LogP contribution is 2.15. The Bertz CT molecular complexity index is 728. The average molecular weight is 496 g/mol. The maximum absolute atomic E-state index is 4.81. The predicted molar refractivity (Wildman–Crippen MR) is 125 cm³/mol. The second-order valence-electron chi connectivity index (χ2n) is 7.18. The molecule has 0 unspecified atom stereocenters. The summed E-state index contributed by atoms with van der Waals surface area (Å²) in [7, 11) is 2.09. The summed E-state index contributed by atoms with van der Waals surface area (Å²) in [4.78, 5) is 7.00. The van der Waals surface area contributed by atoms with Gasteiger partial charge in [0.1, 0.15) is 11.6 Å². The Hall–Kier alpha value is -1.64. The lowest BCUT2D eigenvalue weighted by molar-refractivity contribution is 0.476. The summed E-state index contributed by atoms with van der Waals surface area (Å²) >= 11 is 0. The van der Waals surface area contributed by atoms with Crippen LogP contribution < -0.4 is 5.32 Å². The molecule has 0 bridgehead atoms. The molecule has 28 heavy (non-hydrogen) atoms. The molecule has 0 atom stereocenters. The number of guanidine groups is 1. The molecule has 0 aliphatic carbocycles. The molecule has 0 amide bonds. The van der Waals surface area contributed by atoms with Crippen LogP contribution in [0.25, 0.3) is 0 Å². The Labute approximate surface area is 185 Å². The highest BCUT2D eigenvalue weighted by atomic mass is 127. The summed E-state index contributed by atoms with van der Waals surface area (Å²) < 4.78 is 2.34. The van der Waals surface area contributed by atoms with E-state index in [0.29, 0.717) is 0 Å². The first kappa shape index (κ1) is 22.6. The van der Waals surface area contributed by atoms with Gasteiger partial charge in [0, 0.05) is 46.1 Å². The molecule has 1 aliphatic rings. The molecular weight excluding hydrogens is 463 g/mol. The monoisotopic (exact) mass is 496 g/mol. The lowest BCUT2D eigenvalue weighted by Gasteiger charge is -2.22. The van der Waals surface area contributed by atoms with E-state index in [-0.39, 0.29) is 24.0 Å². The Morgan fingerprint density at radius 2 is 2.00 bits per heavy atom. The lowest BCUT2D eigenvalue weighted by Crippen LogP contribution is -2.38. The van der Waals surface area contributed by atoms with Gasteiger partial charge in [0.25, 0.3) is 0 Å². The van der Waals surface area contributed by atoms with Crippen molar-refractivity contribution in [3.05, 3.63) is 47.5 Å². The van der Waals surface area contributed by atoms with Gasteiger partial charge >= 0.3 is 0 Å². The molecule has 1 aromatic carbocycles. The van der Waals surface area contributed by atoms with Gasteiger partial charge in [-0.1, -0.05) is 36.8 Å². The molecular formula is C21H33IN6. The van der Waals surface area contributed by atoms with Crippen molar-refractivity contribution in [1.29, 1.82) is 0 Å². The second kappa shape index (κ2) is 12.0. The van der Waals surface area contributed by atoms with Crippen LogP contribution in [0.3, 0.4) is 0 Å². The fourth-order valence-corrected chi connectivity index (χ4v) is 3.55. The van der Waals surface area contributed by atoms with Crippen LogP contribution in [0.4, 0.5) is 0 Å². The Balaban J connectivity index is 0.00000280. The highest BCUT2D eigenvalue weighted by Gasteiger charge is 2.14. The van der Waals surface area contributed by atoms with Crippen LogP contribution in [0.5, 0.6) is 0 Å². The number of hydrogen-bond donors (Lipinski definition) is 1. The summed E-state index contributed by atoms with van der Waals surface area (Å²) in [5, 5.41) is 12.2. The first-order valence-corrected chi connectivity index (χ1v) is 10.2. The van der Waals surface area contributed by atoms with E-state index in [1.807, 2.05) is 6.07 Å². The molecule has 6 nitrogen and oxygen atoms in total. The van der Waals surface area contributed by atoms with Crippen LogP contribution in [-0.2, 0) is 25.9 Å². The topological polar surface area (TPSA) is 58.3 Å². The van der Waals surface area contributed by atoms with Gasteiger partial charge < -0.3 is 14.8 Å². The van der Waals surface area contributed by atoms with Crippen molar-refractivity contribution in [2.45, 2.75) is 58.5 Å². The molecule has 1 aromatic heterocycles. The highest BCUT2D eigenvalue weighted by molar-refractivity contribution is 14.0. The van der Waals surface area contributed by atoms with Crippen LogP contribution in [0.1, 0.15) is 49.8 Å². The minimum absolute atomic E-state index is 0. The number of aryl methyl sites for hydroxylation is 2. The van der Waals surface area contributed by atoms with Crippen molar-refractivity contribution in [2.24, 2.45) is 4.99 Å². The van der Waals surface area contributed by atoms with Crippen molar-refractivity contribution < 1.29 is 0 Å². The van der Waals surface area contributed by atoms with E-state index in [0.717, 1.165) is 57.2 Å². The number of aliphatic imine (C=N–C) groups is 1. The van der Waals surface area contributed by atoms with Crippen LogP contribution in [0.2, 0.25) is 0 Å². The molecule has 7 heteroatoms. The Morgan fingerprint density at radius 1 is 1.18 bits per heavy atom. The summed E-state index contributed by atoms with van der Waals surface area (Å²) in [6.45, 7) is 5.70. The fraction of sp³-hybridized carbons (Fsp3) is 0.571. The van der Waals surface area contributed by atoms with E-state index in [2.05, 4.69) is 63.2 Å². The third kappa shape index (κ3) is 6.46. The minimum atomic E-state index is 0. The number of hydrogen-bond acceptors (Lipinski definition) is 3. The molecule has 0 spiro atoms. The second-order valence-corrected chi connectivity index (χ2v) is 7.18. The van der Waals surface area contributed by atoms with E-state index in [1.54, 1.807) is 0 Å². The van der Waals surface area contributed by atoms with Crippen molar-refractivity contribution in [2.75, 3.05) is 20.1 Å². The van der Waals surface area contributed by atoms with Crippen molar-refractivity contribution in [3.8, 4) is 0 Å². The molecule has 1 N–H and O–H groups in total. The number of rotatable bonds is 7. The zero-order valence-electron chi connectivity index (χ0n) is 17.1. The maximum atomic E-state index is 4.81. The molecule has 0 saturated heterocycles. The predicted octanol–water partition coefficient (Wildman–Crippen LogP) is 3.65. The molecule has 0 radical (unpaired) electrons. The van der Waals surface area contributed by atoms with E-state index in [4.69, 9.17) is 4.99 Å². The summed E-state index contributed by atoms with van der Waals surface area (Å²) in [5.41, 5.74) is 1.29. The van der Waals surface area contributed by atoms with Crippen molar-refractivity contribution in [3.63, 3.8) is 0 Å². The fourth-order valence-electron chi connectivity index (χ4n) is 3.55. The van der Waals surface area contributed by atoms with Crippen molar-refractivity contribution in [1.82, 2.24) is 25.0 Å². The number of aromatic nitrogens is 3. The van der Waals surface area contributed by atoms with E-state index in [9.17, 15) is 0 Å². The lowest BCUT2D eigenvalue weighted by atomic mass is 10.2. The molecule has 2 heterocycles. The summed E-state index contributed by atoms with van der Waals surface area (Å²) in [6.07, 6.45) is 6.78. The number of nitrogens with zero attached hydrogens (tertiary/aromatic N) is 5. The largest absolute Gasteiger partial charge is 0.357 e. The van der Waals surface area contributed by atoms with Gasteiger partial charge in [-0.2, -0.15) is 0 Å². The average Bonchev–Trinajstić information content (AvgIpc) is 2.91. The molecule has 2 aromatic rings. The van der Waals surface area contributed by atoms with Crippen LogP contribution in [0.15, 0.2) is 35.3 Å². The normalized spacial score (nSPS) is 14.0. The van der Waals surface area contributed by atoms with Crippen molar-refractivity contribution >= 4 is 29.9 Å². The quantitative estimate of drug-likeness (QED) is 0.275. The standard InChI is InChI=1S/C21H32N6.HI/c1-3-22-21(26(2)17-18-11-6-4-7-12-18)23-15-10-14-20-25-24-19-13-8-5-9-16-27(19)20;/h4,6-7,11-12H,3,5,8-10,13-17H2,1-2H3,(H,22,23);1H. The van der Waals surface area contributed by atoms with Gasteiger partial charge in [0.05, 0.1) is 0 Å². The van der Waals surface area contributed by atoms with E-state index >= 15 is 0 Å². The number of halogens is 1. The van der Waals surface area contributed by atoms with Crippen LogP contribution in [0, 0.1) is 0 Å².